The van der Waals surface area contributed by atoms with E-state index in [2.05, 4.69) is 0 Å². The molecular formula is C26H36O10. The number of aliphatic hydroxyl groups excluding tert-OH is 1. The van der Waals surface area contributed by atoms with Gasteiger partial charge in [-0.3, -0.25) is 0 Å². The monoisotopic (exact) mass is 508 g/mol. The molecule has 1 saturated heterocycles. The van der Waals surface area contributed by atoms with Crippen LogP contribution in [0, 0.1) is 0 Å². The summed E-state index contributed by atoms with van der Waals surface area (Å²) in [7, 11) is 4.50. The molecule has 1 fully saturated rings. The Morgan fingerprint density at radius 1 is 1.08 bits per heavy atom. The van der Waals surface area contributed by atoms with Gasteiger partial charge in [0.15, 0.2) is 12.6 Å². The Balaban J connectivity index is 2.07. The lowest BCUT2D eigenvalue weighted by atomic mass is 10.0. The van der Waals surface area contributed by atoms with E-state index in [0.29, 0.717) is 17.7 Å². The molecule has 0 spiro atoms. The summed E-state index contributed by atoms with van der Waals surface area (Å²) in [6, 6.07) is 3.31. The minimum atomic E-state index is -0.980. The zero-order chi connectivity index (χ0) is 26.3. The Morgan fingerprint density at radius 3 is 2.53 bits per heavy atom. The van der Waals surface area contributed by atoms with Crippen LogP contribution < -0.4 is 9.47 Å². The number of hydrogen-bond donors (Lipinski definition) is 1. The highest BCUT2D eigenvalue weighted by Gasteiger charge is 2.43. The molecule has 1 unspecified atom stereocenters. The highest BCUT2D eigenvalue weighted by Crippen LogP contribution is 2.34. The van der Waals surface area contributed by atoms with E-state index in [1.54, 1.807) is 51.1 Å². The molecule has 200 valence electrons. The first kappa shape index (κ1) is 28.1. The molecule has 0 saturated carbocycles. The fraction of sp³-hybridized carbons (Fsp3) is 0.577. The Morgan fingerprint density at radius 2 is 1.83 bits per heavy atom. The van der Waals surface area contributed by atoms with E-state index in [1.165, 1.54) is 21.3 Å². The van der Waals surface area contributed by atoms with E-state index in [1.807, 2.05) is 6.08 Å². The van der Waals surface area contributed by atoms with Gasteiger partial charge in [0.1, 0.15) is 48.3 Å². The van der Waals surface area contributed by atoms with Gasteiger partial charge < -0.3 is 43.0 Å². The zero-order valence-electron chi connectivity index (χ0n) is 21.6. The Labute approximate surface area is 211 Å². The van der Waals surface area contributed by atoms with Crippen molar-refractivity contribution in [1.29, 1.82) is 0 Å². The lowest BCUT2D eigenvalue weighted by Gasteiger charge is -2.24. The fourth-order valence-electron chi connectivity index (χ4n) is 4.10. The number of carbonyl (C=O) groups is 1. The molecule has 0 aromatic heterocycles. The van der Waals surface area contributed by atoms with Gasteiger partial charge in [-0.15, -0.1) is 0 Å². The molecule has 5 atom stereocenters. The Hall–Kier alpha value is -2.47. The Bertz CT molecular complexity index is 941. The van der Waals surface area contributed by atoms with E-state index >= 15 is 0 Å². The number of hydrogen-bond acceptors (Lipinski definition) is 10. The number of rotatable bonds is 7. The molecule has 0 bridgehead atoms. The van der Waals surface area contributed by atoms with Gasteiger partial charge in [0.2, 0.25) is 0 Å². The van der Waals surface area contributed by atoms with E-state index in [9.17, 15) is 9.90 Å². The minimum absolute atomic E-state index is 0.0373. The van der Waals surface area contributed by atoms with Crippen LogP contribution in [0.4, 0.5) is 0 Å². The SMILES string of the molecule is COCOc1cc(OC)cc2c1C(=O)O[C@@H](C)[C@H](OCOC)/C=C\C(O)[C@H]1OC(C)(C)O[C@H]1CC=C2. The normalized spacial score (nSPS) is 29.0. The molecule has 10 nitrogen and oxygen atoms in total. The van der Waals surface area contributed by atoms with Gasteiger partial charge in [-0.25, -0.2) is 4.79 Å². The van der Waals surface area contributed by atoms with Crippen molar-refractivity contribution in [1.82, 2.24) is 0 Å². The van der Waals surface area contributed by atoms with Crippen LogP contribution in [0.2, 0.25) is 0 Å². The highest BCUT2D eigenvalue weighted by atomic mass is 16.8. The van der Waals surface area contributed by atoms with E-state index in [-0.39, 0.29) is 24.9 Å². The van der Waals surface area contributed by atoms with E-state index in [4.69, 9.17) is 37.9 Å². The molecule has 1 N–H and O–H groups in total. The van der Waals surface area contributed by atoms with Crippen molar-refractivity contribution in [3.8, 4) is 11.5 Å². The van der Waals surface area contributed by atoms with Gasteiger partial charge in [0.05, 0.1) is 13.2 Å². The maximum atomic E-state index is 13.4. The molecule has 1 aromatic rings. The van der Waals surface area contributed by atoms with Crippen molar-refractivity contribution in [2.24, 2.45) is 0 Å². The maximum Gasteiger partial charge on any atom is 0.342 e. The first-order valence-corrected chi connectivity index (χ1v) is 11.7. The molecule has 2 aliphatic rings. The number of esters is 1. The topological polar surface area (TPSA) is 111 Å². The Kier molecular flexibility index (Phi) is 9.89. The summed E-state index contributed by atoms with van der Waals surface area (Å²) < 4.78 is 44.7. The molecule has 0 aliphatic carbocycles. The second-order valence-electron chi connectivity index (χ2n) is 8.94. The molecule has 10 heteroatoms. The molecule has 3 rings (SSSR count). The summed E-state index contributed by atoms with van der Waals surface area (Å²) in [5.41, 5.74) is 0.734. The molecule has 0 radical (unpaired) electrons. The summed E-state index contributed by atoms with van der Waals surface area (Å²) in [5, 5.41) is 10.9. The summed E-state index contributed by atoms with van der Waals surface area (Å²) in [6.07, 6.45) is 3.76. The highest BCUT2D eigenvalue weighted by molar-refractivity contribution is 5.97. The van der Waals surface area contributed by atoms with Crippen LogP contribution in [0.3, 0.4) is 0 Å². The second kappa shape index (κ2) is 12.7. The van der Waals surface area contributed by atoms with Gasteiger partial charge in [-0.05, 0) is 38.8 Å². The third kappa shape index (κ3) is 7.06. The first-order valence-electron chi connectivity index (χ1n) is 11.7. The van der Waals surface area contributed by atoms with Crippen molar-refractivity contribution in [3.63, 3.8) is 0 Å². The van der Waals surface area contributed by atoms with Crippen LogP contribution in [0.25, 0.3) is 6.08 Å². The molecule has 2 aliphatic heterocycles. The predicted octanol–water partition coefficient (Wildman–Crippen LogP) is 3.07. The van der Waals surface area contributed by atoms with Gasteiger partial charge in [0, 0.05) is 20.3 Å². The lowest BCUT2D eigenvalue weighted by molar-refractivity contribution is -0.152. The smallest absolute Gasteiger partial charge is 0.342 e. The van der Waals surface area contributed by atoms with Crippen LogP contribution in [0.5, 0.6) is 11.5 Å². The predicted molar refractivity (Wildman–Crippen MR) is 130 cm³/mol. The van der Waals surface area contributed by atoms with Gasteiger partial charge in [0.25, 0.3) is 0 Å². The summed E-state index contributed by atoms with van der Waals surface area (Å²) >= 11 is 0. The van der Waals surface area contributed by atoms with Crippen molar-refractivity contribution < 1.29 is 47.8 Å². The molecule has 2 heterocycles. The minimum Gasteiger partial charge on any atom is -0.497 e. The van der Waals surface area contributed by atoms with Crippen LogP contribution in [0.1, 0.15) is 43.1 Å². The van der Waals surface area contributed by atoms with Crippen molar-refractivity contribution in [3.05, 3.63) is 41.5 Å². The third-order valence-corrected chi connectivity index (χ3v) is 5.73. The van der Waals surface area contributed by atoms with Gasteiger partial charge in [-0.1, -0.05) is 24.3 Å². The lowest BCUT2D eigenvalue weighted by Crippen LogP contribution is -2.35. The van der Waals surface area contributed by atoms with Crippen molar-refractivity contribution in [2.75, 3.05) is 34.9 Å². The average molecular weight is 509 g/mol. The second-order valence-corrected chi connectivity index (χ2v) is 8.94. The van der Waals surface area contributed by atoms with Gasteiger partial charge >= 0.3 is 5.97 Å². The number of fused-ring (bicyclic) bond motifs is 2. The standard InChI is InChI=1S/C26H36O10/c1-16-20(32-14-29-4)11-10-19(27)24-21(35-26(2,3)36-24)9-7-8-17-12-18(31-6)13-22(33-15-30-5)23(17)25(28)34-16/h7-8,10-13,16,19-21,24,27H,9,14-15H2,1-6H3/b8-7?,11-10-/t16-,19?,20+,21-,24+/m0/s1. The molecule has 36 heavy (non-hydrogen) atoms. The summed E-state index contributed by atoms with van der Waals surface area (Å²) in [6.45, 7) is 5.18. The maximum absolute atomic E-state index is 13.4. The number of methoxy groups -OCH3 is 3. The van der Waals surface area contributed by atoms with E-state index in [0.717, 1.165) is 0 Å². The number of aliphatic hydroxyl groups is 1. The van der Waals surface area contributed by atoms with Gasteiger partial charge in [-0.2, -0.15) is 0 Å². The molecule has 0 amide bonds. The van der Waals surface area contributed by atoms with E-state index < -0.39 is 42.3 Å². The third-order valence-electron chi connectivity index (χ3n) is 5.73. The quantitative estimate of drug-likeness (QED) is 0.335. The molecule has 1 aromatic carbocycles. The number of benzene rings is 1. The van der Waals surface area contributed by atoms with Crippen molar-refractivity contribution in [2.45, 2.75) is 63.5 Å². The van der Waals surface area contributed by atoms with Crippen molar-refractivity contribution >= 4 is 12.0 Å². The van der Waals surface area contributed by atoms with Crippen LogP contribution in [-0.2, 0) is 28.4 Å². The zero-order valence-corrected chi connectivity index (χ0v) is 21.6. The largest absolute Gasteiger partial charge is 0.497 e. The first-order chi connectivity index (χ1) is 17.2. The molecular weight excluding hydrogens is 472 g/mol. The summed E-state index contributed by atoms with van der Waals surface area (Å²) in [5.74, 6) is -0.745. The average Bonchev–Trinajstić information content (AvgIpc) is 3.15. The fourth-order valence-corrected chi connectivity index (χ4v) is 4.10. The number of ether oxygens (including phenoxy) is 8. The number of carbonyl (C=O) groups excluding carboxylic acids is 1. The van der Waals surface area contributed by atoms with Crippen LogP contribution >= 0.6 is 0 Å². The van der Waals surface area contributed by atoms with Crippen LogP contribution in [-0.4, -0.2) is 82.3 Å². The summed E-state index contributed by atoms with van der Waals surface area (Å²) in [4.78, 5) is 13.4. The number of cyclic esters (lactones) is 1. The van der Waals surface area contributed by atoms with Crippen LogP contribution in [0.15, 0.2) is 30.4 Å².